The topological polar surface area (TPSA) is 50.7 Å². The molecule has 5 heteroatoms. The molecular weight excluding hydrogens is 244 g/mol. The molecule has 1 N–H and O–H groups in total. The lowest BCUT2D eigenvalue weighted by atomic mass is 9.84. The zero-order valence-electron chi connectivity index (χ0n) is 10.4. The zero-order valence-corrected chi connectivity index (χ0v) is 11.2. The third kappa shape index (κ3) is 2.14. The molecule has 0 aliphatic heterocycles. The SMILES string of the molecule is CSC1(CNc2ccc3nccnc3n2)CCC1. The predicted octanol–water partition coefficient (Wildman–Crippen LogP) is 2.72. The first kappa shape index (κ1) is 11.7. The maximum absolute atomic E-state index is 4.48. The molecule has 3 rings (SSSR count). The van der Waals surface area contributed by atoms with Gasteiger partial charge in [-0.25, -0.2) is 9.97 Å². The van der Waals surface area contributed by atoms with Crippen LogP contribution in [-0.4, -0.2) is 32.5 Å². The van der Waals surface area contributed by atoms with Crippen LogP contribution in [0.1, 0.15) is 19.3 Å². The van der Waals surface area contributed by atoms with Gasteiger partial charge < -0.3 is 5.32 Å². The number of anilines is 1. The molecule has 0 radical (unpaired) electrons. The standard InChI is InChI=1S/C13H16N4S/c1-18-13(5-2-6-13)9-16-11-4-3-10-12(17-11)15-8-7-14-10/h3-4,7-8H,2,5-6,9H2,1H3,(H,15,16,17). The Morgan fingerprint density at radius 1 is 1.28 bits per heavy atom. The number of rotatable bonds is 4. The van der Waals surface area contributed by atoms with Crippen LogP contribution < -0.4 is 5.32 Å². The van der Waals surface area contributed by atoms with E-state index in [1.54, 1.807) is 12.4 Å². The summed E-state index contributed by atoms with van der Waals surface area (Å²) in [6, 6.07) is 3.94. The first-order valence-corrected chi connectivity index (χ1v) is 7.41. The van der Waals surface area contributed by atoms with Gasteiger partial charge in [0.15, 0.2) is 5.65 Å². The Bertz CT molecular complexity index is 548. The van der Waals surface area contributed by atoms with Crippen LogP contribution in [0.3, 0.4) is 0 Å². The van der Waals surface area contributed by atoms with Crippen LogP contribution in [0.25, 0.3) is 11.2 Å². The van der Waals surface area contributed by atoms with Gasteiger partial charge in [0.05, 0.1) is 0 Å². The number of nitrogens with zero attached hydrogens (tertiary/aromatic N) is 3. The molecule has 0 unspecified atom stereocenters. The number of thioether (sulfide) groups is 1. The molecule has 2 aromatic rings. The van der Waals surface area contributed by atoms with Crippen LogP contribution in [0.2, 0.25) is 0 Å². The van der Waals surface area contributed by atoms with Crippen LogP contribution in [0.4, 0.5) is 5.82 Å². The van der Waals surface area contributed by atoms with Gasteiger partial charge in [0, 0.05) is 23.7 Å². The molecule has 4 nitrogen and oxygen atoms in total. The summed E-state index contributed by atoms with van der Waals surface area (Å²) in [7, 11) is 0. The van der Waals surface area contributed by atoms with Crippen LogP contribution >= 0.6 is 11.8 Å². The van der Waals surface area contributed by atoms with Crippen molar-refractivity contribution in [2.24, 2.45) is 0 Å². The maximum Gasteiger partial charge on any atom is 0.180 e. The van der Waals surface area contributed by atoms with Gasteiger partial charge in [-0.2, -0.15) is 11.8 Å². The minimum Gasteiger partial charge on any atom is -0.369 e. The summed E-state index contributed by atoms with van der Waals surface area (Å²) >= 11 is 1.96. The summed E-state index contributed by atoms with van der Waals surface area (Å²) in [5, 5.41) is 3.43. The van der Waals surface area contributed by atoms with E-state index < -0.39 is 0 Å². The lowest BCUT2D eigenvalue weighted by molar-refractivity contribution is 0.379. The molecule has 18 heavy (non-hydrogen) atoms. The van der Waals surface area contributed by atoms with Gasteiger partial charge in [0.25, 0.3) is 0 Å². The Kier molecular flexibility index (Phi) is 3.07. The normalized spacial score (nSPS) is 17.4. The molecule has 0 spiro atoms. The van der Waals surface area contributed by atoms with Crippen LogP contribution in [0.5, 0.6) is 0 Å². The van der Waals surface area contributed by atoms with Crippen molar-refractivity contribution in [1.82, 2.24) is 15.0 Å². The number of hydrogen-bond donors (Lipinski definition) is 1. The van der Waals surface area contributed by atoms with Crippen molar-refractivity contribution in [1.29, 1.82) is 0 Å². The zero-order chi connectivity index (χ0) is 12.4. The summed E-state index contributed by atoms with van der Waals surface area (Å²) in [4.78, 5) is 12.9. The molecule has 0 aromatic carbocycles. The quantitative estimate of drug-likeness (QED) is 0.916. The van der Waals surface area contributed by atoms with E-state index in [4.69, 9.17) is 0 Å². The molecule has 2 aromatic heterocycles. The molecular formula is C13H16N4S. The van der Waals surface area contributed by atoms with Gasteiger partial charge in [0.2, 0.25) is 0 Å². The summed E-state index contributed by atoms with van der Waals surface area (Å²) in [6.07, 6.45) is 9.50. The summed E-state index contributed by atoms with van der Waals surface area (Å²) in [6.45, 7) is 0.979. The molecule has 2 heterocycles. The van der Waals surface area contributed by atoms with Gasteiger partial charge >= 0.3 is 0 Å². The first-order valence-electron chi connectivity index (χ1n) is 6.18. The van der Waals surface area contributed by atoms with Crippen molar-refractivity contribution in [2.75, 3.05) is 18.1 Å². The lowest BCUT2D eigenvalue weighted by Crippen LogP contribution is -2.40. The van der Waals surface area contributed by atoms with Crippen molar-refractivity contribution in [2.45, 2.75) is 24.0 Å². The van der Waals surface area contributed by atoms with Gasteiger partial charge in [0.1, 0.15) is 11.3 Å². The van der Waals surface area contributed by atoms with E-state index in [0.717, 1.165) is 17.9 Å². The highest BCUT2D eigenvalue weighted by atomic mass is 32.2. The first-order chi connectivity index (χ1) is 8.81. The maximum atomic E-state index is 4.48. The van der Waals surface area contributed by atoms with Crippen LogP contribution in [-0.2, 0) is 0 Å². The average molecular weight is 260 g/mol. The molecule has 1 aliphatic rings. The van der Waals surface area contributed by atoms with Crippen molar-refractivity contribution >= 4 is 28.7 Å². The van der Waals surface area contributed by atoms with Crippen LogP contribution in [0.15, 0.2) is 24.5 Å². The van der Waals surface area contributed by atoms with Crippen molar-refractivity contribution < 1.29 is 0 Å². The molecule has 0 saturated heterocycles. The lowest BCUT2D eigenvalue weighted by Gasteiger charge is -2.40. The summed E-state index contributed by atoms with van der Waals surface area (Å²) < 4.78 is 0.416. The number of pyridine rings is 1. The van der Waals surface area contributed by atoms with E-state index in [1.165, 1.54) is 19.3 Å². The largest absolute Gasteiger partial charge is 0.369 e. The fourth-order valence-corrected chi connectivity index (χ4v) is 3.14. The molecule has 1 saturated carbocycles. The fourth-order valence-electron chi connectivity index (χ4n) is 2.23. The molecule has 94 valence electrons. The van der Waals surface area contributed by atoms with Gasteiger partial charge in [-0.15, -0.1) is 0 Å². The number of aromatic nitrogens is 3. The van der Waals surface area contributed by atoms with E-state index in [-0.39, 0.29) is 0 Å². The predicted molar refractivity (Wildman–Crippen MR) is 75.9 cm³/mol. The molecule has 1 fully saturated rings. The number of nitrogens with one attached hydrogen (secondary N) is 1. The third-order valence-electron chi connectivity index (χ3n) is 3.62. The molecule has 0 bridgehead atoms. The summed E-state index contributed by atoms with van der Waals surface area (Å²) in [5.74, 6) is 0.892. The monoisotopic (exact) mass is 260 g/mol. The molecule has 0 amide bonds. The Balaban J connectivity index is 1.74. The highest BCUT2D eigenvalue weighted by Crippen LogP contribution is 2.42. The van der Waals surface area contributed by atoms with E-state index in [2.05, 4.69) is 26.5 Å². The van der Waals surface area contributed by atoms with E-state index in [0.29, 0.717) is 10.4 Å². The van der Waals surface area contributed by atoms with Crippen molar-refractivity contribution in [3.63, 3.8) is 0 Å². The second-order valence-electron chi connectivity index (χ2n) is 4.69. The Labute approximate surface area is 111 Å². The van der Waals surface area contributed by atoms with Crippen molar-refractivity contribution in [3.05, 3.63) is 24.5 Å². The van der Waals surface area contributed by atoms with Crippen LogP contribution in [0, 0.1) is 0 Å². The van der Waals surface area contributed by atoms with Gasteiger partial charge in [-0.05, 0) is 31.2 Å². The van der Waals surface area contributed by atoms with Gasteiger partial charge in [-0.3, -0.25) is 4.98 Å². The smallest absolute Gasteiger partial charge is 0.180 e. The Hall–Kier alpha value is -1.36. The second kappa shape index (κ2) is 4.72. The van der Waals surface area contributed by atoms with E-state index >= 15 is 0 Å². The minimum atomic E-state index is 0.416. The average Bonchev–Trinajstić information content (AvgIpc) is 2.38. The Morgan fingerprint density at radius 3 is 2.83 bits per heavy atom. The molecule has 0 atom stereocenters. The minimum absolute atomic E-state index is 0.416. The number of fused-ring (bicyclic) bond motifs is 1. The van der Waals surface area contributed by atoms with Crippen molar-refractivity contribution in [3.8, 4) is 0 Å². The molecule has 1 aliphatic carbocycles. The fraction of sp³-hybridized carbons (Fsp3) is 0.462. The van der Waals surface area contributed by atoms with E-state index in [1.807, 2.05) is 23.9 Å². The number of hydrogen-bond acceptors (Lipinski definition) is 5. The highest BCUT2D eigenvalue weighted by molar-refractivity contribution is 8.00. The highest BCUT2D eigenvalue weighted by Gasteiger charge is 2.35. The Morgan fingerprint density at radius 2 is 2.11 bits per heavy atom. The second-order valence-corrected chi connectivity index (χ2v) is 5.96. The summed E-state index contributed by atoms with van der Waals surface area (Å²) in [5.41, 5.74) is 1.54. The third-order valence-corrected chi connectivity index (χ3v) is 5.04. The van der Waals surface area contributed by atoms with E-state index in [9.17, 15) is 0 Å². The van der Waals surface area contributed by atoms with Gasteiger partial charge in [-0.1, -0.05) is 6.42 Å².